The highest BCUT2D eigenvalue weighted by Gasteiger charge is 2.12. The Balaban J connectivity index is 2.28. The number of hydrogen-bond acceptors (Lipinski definition) is 3. The summed E-state index contributed by atoms with van der Waals surface area (Å²) in [5, 5.41) is 18.5. The first-order chi connectivity index (χ1) is 10.0. The van der Waals surface area contributed by atoms with E-state index < -0.39 is 0 Å². The first-order valence-corrected chi connectivity index (χ1v) is 6.56. The third-order valence-corrected chi connectivity index (χ3v) is 3.17. The molecule has 1 heterocycles. The van der Waals surface area contributed by atoms with Crippen LogP contribution in [0.15, 0.2) is 18.2 Å². The zero-order chi connectivity index (χ0) is 15.4. The fourth-order valence-electron chi connectivity index (χ4n) is 1.95. The molecule has 1 aromatic heterocycles. The number of amides is 1. The maximum Gasteiger partial charge on any atom is 0.255 e. The Hall–Kier alpha value is -2.58. The summed E-state index contributed by atoms with van der Waals surface area (Å²) in [6.07, 6.45) is 0. The van der Waals surface area contributed by atoms with Gasteiger partial charge in [-0.1, -0.05) is 17.9 Å². The van der Waals surface area contributed by atoms with E-state index in [0.717, 1.165) is 22.5 Å². The number of aliphatic hydroxyl groups is 1. The number of hydrogen-bond donors (Lipinski definition) is 3. The summed E-state index contributed by atoms with van der Waals surface area (Å²) < 4.78 is 0. The van der Waals surface area contributed by atoms with Crippen molar-refractivity contribution in [3.63, 3.8) is 0 Å². The standard InChI is InChI=1S/C16H17N3O2/c1-10-6-7-14(9-13(10)5-4-8-20)16(21)17-15-11(2)18-19-12(15)3/h6-7,9,20H,8H2,1-3H3,(H,17,21)(H,18,19). The van der Waals surface area contributed by atoms with Gasteiger partial charge in [-0.3, -0.25) is 9.89 Å². The van der Waals surface area contributed by atoms with Crippen LogP contribution in [0.5, 0.6) is 0 Å². The van der Waals surface area contributed by atoms with Crippen LogP contribution in [0.1, 0.15) is 32.9 Å². The molecule has 0 saturated carbocycles. The summed E-state index contributed by atoms with van der Waals surface area (Å²) in [5.41, 5.74) is 4.47. The predicted molar refractivity (Wildman–Crippen MR) is 81.2 cm³/mol. The van der Waals surface area contributed by atoms with Gasteiger partial charge in [-0.25, -0.2) is 0 Å². The van der Waals surface area contributed by atoms with Crippen molar-refractivity contribution in [2.75, 3.05) is 11.9 Å². The second kappa shape index (κ2) is 6.25. The van der Waals surface area contributed by atoms with Gasteiger partial charge in [-0.15, -0.1) is 0 Å². The van der Waals surface area contributed by atoms with Crippen LogP contribution in [0.2, 0.25) is 0 Å². The minimum Gasteiger partial charge on any atom is -0.384 e. The molecule has 0 aliphatic carbocycles. The van der Waals surface area contributed by atoms with Crippen LogP contribution in [0, 0.1) is 32.6 Å². The van der Waals surface area contributed by atoms with E-state index in [2.05, 4.69) is 27.4 Å². The van der Waals surface area contributed by atoms with Gasteiger partial charge in [-0.05, 0) is 38.5 Å². The van der Waals surface area contributed by atoms with Gasteiger partial charge in [-0.2, -0.15) is 5.10 Å². The summed E-state index contributed by atoms with van der Waals surface area (Å²) >= 11 is 0. The van der Waals surface area contributed by atoms with E-state index in [-0.39, 0.29) is 12.5 Å². The van der Waals surface area contributed by atoms with Crippen LogP contribution in [0.4, 0.5) is 5.69 Å². The molecule has 0 radical (unpaired) electrons. The first kappa shape index (κ1) is 14.8. The van der Waals surface area contributed by atoms with Crippen molar-refractivity contribution in [3.8, 4) is 11.8 Å². The fraction of sp³-hybridized carbons (Fsp3) is 0.250. The van der Waals surface area contributed by atoms with Crippen molar-refractivity contribution in [1.29, 1.82) is 0 Å². The van der Waals surface area contributed by atoms with Crippen LogP contribution in [0.3, 0.4) is 0 Å². The van der Waals surface area contributed by atoms with Gasteiger partial charge < -0.3 is 10.4 Å². The van der Waals surface area contributed by atoms with E-state index in [4.69, 9.17) is 5.11 Å². The van der Waals surface area contributed by atoms with Crippen LogP contribution in [-0.2, 0) is 0 Å². The number of anilines is 1. The molecule has 0 fully saturated rings. The molecule has 2 aromatic rings. The molecule has 108 valence electrons. The molecule has 0 atom stereocenters. The molecule has 0 aliphatic heterocycles. The lowest BCUT2D eigenvalue weighted by Gasteiger charge is -2.07. The van der Waals surface area contributed by atoms with Gasteiger partial charge >= 0.3 is 0 Å². The predicted octanol–water partition coefficient (Wildman–Crippen LogP) is 1.93. The summed E-state index contributed by atoms with van der Waals surface area (Å²) in [7, 11) is 0. The topological polar surface area (TPSA) is 78.0 Å². The number of rotatable bonds is 2. The average molecular weight is 283 g/mol. The van der Waals surface area contributed by atoms with E-state index in [1.165, 1.54) is 0 Å². The maximum absolute atomic E-state index is 12.3. The molecule has 2 rings (SSSR count). The maximum atomic E-state index is 12.3. The summed E-state index contributed by atoms with van der Waals surface area (Å²) in [5.74, 6) is 5.22. The molecule has 3 N–H and O–H groups in total. The van der Waals surface area contributed by atoms with Gasteiger partial charge in [0.15, 0.2) is 0 Å². The Morgan fingerprint density at radius 1 is 1.38 bits per heavy atom. The van der Waals surface area contributed by atoms with Crippen molar-refractivity contribution in [2.24, 2.45) is 0 Å². The van der Waals surface area contributed by atoms with Crippen molar-refractivity contribution >= 4 is 11.6 Å². The van der Waals surface area contributed by atoms with Gasteiger partial charge in [0.25, 0.3) is 5.91 Å². The Labute approximate surface area is 123 Å². The zero-order valence-electron chi connectivity index (χ0n) is 12.2. The van der Waals surface area contributed by atoms with E-state index >= 15 is 0 Å². The van der Waals surface area contributed by atoms with Crippen molar-refractivity contribution in [1.82, 2.24) is 10.2 Å². The molecular formula is C16H17N3O2. The Kier molecular flexibility index (Phi) is 4.41. The smallest absolute Gasteiger partial charge is 0.255 e. The van der Waals surface area contributed by atoms with Crippen LogP contribution in [-0.4, -0.2) is 27.8 Å². The molecule has 5 heteroatoms. The number of nitrogens with one attached hydrogen (secondary N) is 2. The number of nitrogens with zero attached hydrogens (tertiary/aromatic N) is 1. The highest BCUT2D eigenvalue weighted by Crippen LogP contribution is 2.18. The molecular weight excluding hydrogens is 266 g/mol. The molecule has 21 heavy (non-hydrogen) atoms. The van der Waals surface area contributed by atoms with Crippen molar-refractivity contribution < 1.29 is 9.90 Å². The lowest BCUT2D eigenvalue weighted by Crippen LogP contribution is -2.13. The van der Waals surface area contributed by atoms with E-state index in [1.807, 2.05) is 26.8 Å². The number of aromatic nitrogens is 2. The summed E-state index contributed by atoms with van der Waals surface area (Å²) in [4.78, 5) is 12.3. The number of carbonyl (C=O) groups excluding carboxylic acids is 1. The van der Waals surface area contributed by atoms with Gasteiger partial charge in [0.05, 0.1) is 17.1 Å². The molecule has 0 aliphatic rings. The van der Waals surface area contributed by atoms with Crippen molar-refractivity contribution in [3.05, 3.63) is 46.3 Å². The minimum atomic E-state index is -0.213. The molecule has 1 aromatic carbocycles. The number of aromatic amines is 1. The van der Waals surface area contributed by atoms with Gasteiger partial charge in [0, 0.05) is 11.1 Å². The SMILES string of the molecule is Cc1ccc(C(=O)Nc2c(C)n[nH]c2C)cc1C#CCO. The Morgan fingerprint density at radius 2 is 2.14 bits per heavy atom. The second-order valence-electron chi connectivity index (χ2n) is 4.75. The average Bonchev–Trinajstić information content (AvgIpc) is 2.78. The third-order valence-electron chi connectivity index (χ3n) is 3.17. The lowest BCUT2D eigenvalue weighted by atomic mass is 10.0. The Bertz CT molecular complexity index is 716. The zero-order valence-corrected chi connectivity index (χ0v) is 12.2. The van der Waals surface area contributed by atoms with E-state index in [9.17, 15) is 4.79 Å². The molecule has 1 amide bonds. The fourth-order valence-corrected chi connectivity index (χ4v) is 1.95. The largest absolute Gasteiger partial charge is 0.384 e. The molecule has 0 saturated heterocycles. The second-order valence-corrected chi connectivity index (χ2v) is 4.75. The normalized spacial score (nSPS) is 9.90. The van der Waals surface area contributed by atoms with Crippen LogP contribution >= 0.6 is 0 Å². The summed E-state index contributed by atoms with van der Waals surface area (Å²) in [6.45, 7) is 5.38. The number of aliphatic hydroxyl groups excluding tert-OH is 1. The molecule has 5 nitrogen and oxygen atoms in total. The van der Waals surface area contributed by atoms with Crippen molar-refractivity contribution in [2.45, 2.75) is 20.8 Å². The number of H-pyrrole nitrogens is 1. The van der Waals surface area contributed by atoms with E-state index in [0.29, 0.717) is 11.3 Å². The molecule has 0 bridgehead atoms. The number of carbonyl (C=O) groups is 1. The number of benzene rings is 1. The lowest BCUT2D eigenvalue weighted by molar-refractivity contribution is 0.102. The van der Waals surface area contributed by atoms with Gasteiger partial charge in [0.1, 0.15) is 6.61 Å². The van der Waals surface area contributed by atoms with E-state index in [1.54, 1.807) is 12.1 Å². The first-order valence-electron chi connectivity index (χ1n) is 6.56. The monoisotopic (exact) mass is 283 g/mol. The third kappa shape index (κ3) is 3.30. The highest BCUT2D eigenvalue weighted by atomic mass is 16.2. The van der Waals surface area contributed by atoms with Crippen LogP contribution < -0.4 is 5.32 Å². The molecule has 0 spiro atoms. The summed E-state index contributed by atoms with van der Waals surface area (Å²) in [6, 6.07) is 5.31. The Morgan fingerprint density at radius 3 is 2.76 bits per heavy atom. The quantitative estimate of drug-likeness (QED) is 0.737. The minimum absolute atomic E-state index is 0.205. The highest BCUT2D eigenvalue weighted by molar-refractivity contribution is 6.05. The number of aryl methyl sites for hydroxylation is 3. The molecule has 0 unspecified atom stereocenters. The van der Waals surface area contributed by atoms with Crippen LogP contribution in [0.25, 0.3) is 0 Å². The van der Waals surface area contributed by atoms with Gasteiger partial charge in [0.2, 0.25) is 0 Å².